The Morgan fingerprint density at radius 1 is 0.308 bits per heavy atom. The second kappa shape index (κ2) is 57.7. The van der Waals surface area contributed by atoms with Gasteiger partial charge in [-0.2, -0.15) is 0 Å². The molecule has 390 valence electrons. The maximum absolute atomic E-state index is 12.5. The van der Waals surface area contributed by atoms with Crippen LogP contribution in [0.15, 0.2) is 0 Å². The standard InChI is InChI=1S/C61H123NO3/c1-3-5-7-9-11-13-15-17-19-21-23-24-25-26-27-28-29-30-31-32-33-34-35-36-37-39-41-43-45-47-49-51-53-55-57-61(65)62-59(58-63)60(64)56-54-52-50-48-46-44-42-40-38-22-20-18-16-14-12-10-8-6-4-2/h59-60,63-64H,3-58H2,1-2H3,(H,62,65). The van der Waals surface area contributed by atoms with E-state index in [-0.39, 0.29) is 12.5 Å². The molecule has 4 heteroatoms. The fraction of sp³-hybridized carbons (Fsp3) is 0.984. The average molecular weight is 919 g/mol. The van der Waals surface area contributed by atoms with E-state index < -0.39 is 12.1 Å². The summed E-state index contributed by atoms with van der Waals surface area (Å²) in [6.45, 7) is 4.41. The Balaban J connectivity index is 3.35. The quantitative estimate of drug-likeness (QED) is 0.0533. The normalized spacial score (nSPS) is 12.6. The van der Waals surface area contributed by atoms with Gasteiger partial charge in [-0.3, -0.25) is 4.79 Å². The van der Waals surface area contributed by atoms with Crippen molar-refractivity contribution in [3.63, 3.8) is 0 Å². The molecule has 2 unspecified atom stereocenters. The Bertz CT molecular complexity index is 864. The van der Waals surface area contributed by atoms with Crippen LogP contribution in [0.5, 0.6) is 0 Å². The highest BCUT2D eigenvalue weighted by molar-refractivity contribution is 5.76. The number of aliphatic hydroxyl groups is 2. The van der Waals surface area contributed by atoms with Crippen LogP contribution in [0.25, 0.3) is 0 Å². The van der Waals surface area contributed by atoms with Gasteiger partial charge in [-0.05, 0) is 12.8 Å². The largest absolute Gasteiger partial charge is 0.394 e. The lowest BCUT2D eigenvalue weighted by molar-refractivity contribution is -0.123. The predicted octanol–water partition coefficient (Wildman–Crippen LogP) is 20.3. The number of carbonyl (C=O) groups excluding carboxylic acids is 1. The highest BCUT2D eigenvalue weighted by Crippen LogP contribution is 2.19. The van der Waals surface area contributed by atoms with E-state index in [1.54, 1.807) is 0 Å². The molecule has 0 heterocycles. The Kier molecular flexibility index (Phi) is 57.2. The first-order valence-electron chi connectivity index (χ1n) is 30.7. The van der Waals surface area contributed by atoms with Gasteiger partial charge >= 0.3 is 0 Å². The lowest BCUT2D eigenvalue weighted by Crippen LogP contribution is -2.45. The summed E-state index contributed by atoms with van der Waals surface area (Å²) in [5, 5.41) is 23.4. The summed E-state index contributed by atoms with van der Waals surface area (Å²) in [6, 6.07) is -0.531. The number of carbonyl (C=O) groups is 1. The molecule has 0 aromatic rings. The van der Waals surface area contributed by atoms with Crippen molar-refractivity contribution in [2.24, 2.45) is 0 Å². The molecule has 0 saturated heterocycles. The first kappa shape index (κ1) is 64.4. The summed E-state index contributed by atoms with van der Waals surface area (Å²) < 4.78 is 0. The molecular weight excluding hydrogens is 795 g/mol. The molecule has 2 atom stereocenters. The molecule has 0 bridgehead atoms. The number of unbranched alkanes of at least 4 members (excludes halogenated alkanes) is 51. The van der Waals surface area contributed by atoms with Gasteiger partial charge in [-0.25, -0.2) is 0 Å². The molecule has 0 radical (unpaired) electrons. The van der Waals surface area contributed by atoms with Crippen LogP contribution < -0.4 is 5.32 Å². The number of rotatable bonds is 58. The van der Waals surface area contributed by atoms with E-state index in [1.807, 2.05) is 0 Å². The minimum absolute atomic E-state index is 0.0211. The smallest absolute Gasteiger partial charge is 0.220 e. The number of amides is 1. The molecule has 0 aliphatic rings. The summed E-state index contributed by atoms with van der Waals surface area (Å²) >= 11 is 0. The number of hydrogen-bond donors (Lipinski definition) is 3. The fourth-order valence-corrected chi connectivity index (χ4v) is 10.2. The second-order valence-electron chi connectivity index (χ2n) is 21.5. The van der Waals surface area contributed by atoms with Crippen LogP contribution in [-0.2, 0) is 4.79 Å². The first-order valence-corrected chi connectivity index (χ1v) is 30.7. The molecule has 1 amide bonds. The van der Waals surface area contributed by atoms with Crippen LogP contribution in [0.2, 0.25) is 0 Å². The first-order chi connectivity index (χ1) is 32.2. The zero-order chi connectivity index (χ0) is 47.0. The Morgan fingerprint density at radius 3 is 0.692 bits per heavy atom. The van der Waals surface area contributed by atoms with Crippen molar-refractivity contribution < 1.29 is 15.0 Å². The molecule has 0 saturated carbocycles. The maximum atomic E-state index is 12.5. The SMILES string of the molecule is CCCCCCCCCCCCCCCCCCCCCCCCCCCCCCCCCCCCC(=O)NC(CO)C(O)CCCCCCCCCCCCCCCCCCCCC. The summed E-state index contributed by atoms with van der Waals surface area (Å²) in [5.41, 5.74) is 0. The van der Waals surface area contributed by atoms with E-state index in [9.17, 15) is 15.0 Å². The van der Waals surface area contributed by atoms with E-state index in [4.69, 9.17) is 0 Å². The fourth-order valence-electron chi connectivity index (χ4n) is 10.2. The summed E-state index contributed by atoms with van der Waals surface area (Å²) in [6.07, 6.45) is 74.1. The van der Waals surface area contributed by atoms with Gasteiger partial charge in [0.25, 0.3) is 0 Å². The third-order valence-electron chi connectivity index (χ3n) is 14.9. The molecule has 65 heavy (non-hydrogen) atoms. The monoisotopic (exact) mass is 918 g/mol. The minimum Gasteiger partial charge on any atom is -0.394 e. The van der Waals surface area contributed by atoms with Crippen LogP contribution in [-0.4, -0.2) is 34.9 Å². The van der Waals surface area contributed by atoms with Gasteiger partial charge in [-0.15, -0.1) is 0 Å². The van der Waals surface area contributed by atoms with Gasteiger partial charge in [0.05, 0.1) is 18.8 Å². The topological polar surface area (TPSA) is 69.6 Å². The molecule has 0 aliphatic heterocycles. The average Bonchev–Trinajstić information content (AvgIpc) is 3.31. The Morgan fingerprint density at radius 2 is 0.492 bits per heavy atom. The van der Waals surface area contributed by atoms with E-state index >= 15 is 0 Å². The van der Waals surface area contributed by atoms with Gasteiger partial charge in [0.2, 0.25) is 5.91 Å². The summed E-state index contributed by atoms with van der Waals surface area (Å²) in [7, 11) is 0. The summed E-state index contributed by atoms with van der Waals surface area (Å²) in [4.78, 5) is 12.5. The second-order valence-corrected chi connectivity index (χ2v) is 21.5. The molecule has 0 aromatic heterocycles. The lowest BCUT2D eigenvalue weighted by atomic mass is 10.0. The zero-order valence-electron chi connectivity index (χ0n) is 45.1. The van der Waals surface area contributed by atoms with Crippen LogP contribution in [0.4, 0.5) is 0 Å². The van der Waals surface area contributed by atoms with Gasteiger partial charge in [0.1, 0.15) is 0 Å². The number of aliphatic hydroxyl groups excluding tert-OH is 2. The van der Waals surface area contributed by atoms with Gasteiger partial charge in [-0.1, -0.05) is 348 Å². The van der Waals surface area contributed by atoms with Crippen molar-refractivity contribution in [2.45, 2.75) is 379 Å². The van der Waals surface area contributed by atoms with Crippen molar-refractivity contribution >= 4 is 5.91 Å². The van der Waals surface area contributed by atoms with Crippen molar-refractivity contribution in [1.29, 1.82) is 0 Å². The van der Waals surface area contributed by atoms with E-state index in [2.05, 4.69) is 19.2 Å². The molecule has 0 aromatic carbocycles. The predicted molar refractivity (Wildman–Crippen MR) is 290 cm³/mol. The summed E-state index contributed by atoms with van der Waals surface area (Å²) in [5.74, 6) is -0.0211. The third kappa shape index (κ3) is 54.2. The van der Waals surface area contributed by atoms with E-state index in [0.29, 0.717) is 12.8 Å². The third-order valence-corrected chi connectivity index (χ3v) is 14.9. The highest BCUT2D eigenvalue weighted by Gasteiger charge is 2.20. The van der Waals surface area contributed by atoms with Gasteiger partial charge in [0, 0.05) is 6.42 Å². The van der Waals surface area contributed by atoms with Gasteiger partial charge in [0.15, 0.2) is 0 Å². The Hall–Kier alpha value is -0.610. The molecule has 0 spiro atoms. The van der Waals surface area contributed by atoms with E-state index in [1.165, 1.54) is 315 Å². The van der Waals surface area contributed by atoms with Gasteiger partial charge < -0.3 is 15.5 Å². The lowest BCUT2D eigenvalue weighted by Gasteiger charge is -2.22. The number of hydrogen-bond acceptors (Lipinski definition) is 3. The molecule has 0 aliphatic carbocycles. The van der Waals surface area contributed by atoms with Crippen LogP contribution in [0.3, 0.4) is 0 Å². The van der Waals surface area contributed by atoms with Crippen LogP contribution in [0.1, 0.15) is 367 Å². The molecule has 3 N–H and O–H groups in total. The van der Waals surface area contributed by atoms with Crippen molar-refractivity contribution in [3.05, 3.63) is 0 Å². The maximum Gasteiger partial charge on any atom is 0.220 e. The highest BCUT2D eigenvalue weighted by atomic mass is 16.3. The minimum atomic E-state index is -0.655. The van der Waals surface area contributed by atoms with Crippen LogP contribution >= 0.6 is 0 Å². The molecule has 0 rings (SSSR count). The molecule has 4 nitrogen and oxygen atoms in total. The van der Waals surface area contributed by atoms with Crippen molar-refractivity contribution in [3.8, 4) is 0 Å². The van der Waals surface area contributed by atoms with Crippen molar-refractivity contribution in [2.75, 3.05) is 6.61 Å². The molecular formula is C61H123NO3. The zero-order valence-corrected chi connectivity index (χ0v) is 45.1. The van der Waals surface area contributed by atoms with Crippen LogP contribution in [0, 0.1) is 0 Å². The number of nitrogens with one attached hydrogen (secondary N) is 1. The van der Waals surface area contributed by atoms with E-state index in [0.717, 1.165) is 25.7 Å². The van der Waals surface area contributed by atoms with Crippen molar-refractivity contribution in [1.82, 2.24) is 5.32 Å². The molecule has 0 fully saturated rings. The Labute approximate surface area is 410 Å².